The standard InChI is InChI=1S/C15H21NO2/c1-10-3-5-13(7-11(10)2)15(18)16-9-12-4-6-14(17)8-12/h3,5,7,12,14,17H,4,6,8-9H2,1-2H3,(H,16,18). The number of aryl methyl sites for hydroxylation is 2. The Morgan fingerprint density at radius 1 is 1.33 bits per heavy atom. The molecule has 1 aromatic carbocycles. The predicted octanol–water partition coefficient (Wildman–Crippen LogP) is 2.19. The Balaban J connectivity index is 1.89. The van der Waals surface area contributed by atoms with Crippen molar-refractivity contribution in [3.63, 3.8) is 0 Å². The van der Waals surface area contributed by atoms with Gasteiger partial charge in [-0.05, 0) is 62.3 Å². The Hall–Kier alpha value is -1.35. The first kappa shape index (κ1) is 13.1. The zero-order chi connectivity index (χ0) is 13.1. The second-order valence-electron chi connectivity index (χ2n) is 5.34. The topological polar surface area (TPSA) is 49.3 Å². The van der Waals surface area contributed by atoms with Gasteiger partial charge in [0.25, 0.3) is 5.91 Å². The van der Waals surface area contributed by atoms with Crippen molar-refractivity contribution in [1.29, 1.82) is 0 Å². The van der Waals surface area contributed by atoms with Crippen molar-refractivity contribution in [1.82, 2.24) is 5.32 Å². The van der Waals surface area contributed by atoms with E-state index in [9.17, 15) is 9.90 Å². The van der Waals surface area contributed by atoms with Gasteiger partial charge in [-0.25, -0.2) is 0 Å². The van der Waals surface area contributed by atoms with Crippen LogP contribution in [0.4, 0.5) is 0 Å². The number of aliphatic hydroxyl groups excluding tert-OH is 1. The van der Waals surface area contributed by atoms with Gasteiger partial charge in [-0.15, -0.1) is 0 Å². The van der Waals surface area contributed by atoms with Crippen LogP contribution in [0.25, 0.3) is 0 Å². The Labute approximate surface area is 108 Å². The first-order chi connectivity index (χ1) is 8.56. The van der Waals surface area contributed by atoms with Crippen LogP contribution in [0.2, 0.25) is 0 Å². The number of hydrogen-bond acceptors (Lipinski definition) is 2. The Morgan fingerprint density at radius 2 is 2.11 bits per heavy atom. The summed E-state index contributed by atoms with van der Waals surface area (Å²) in [6.07, 6.45) is 2.51. The van der Waals surface area contributed by atoms with Gasteiger partial charge in [-0.1, -0.05) is 6.07 Å². The molecule has 0 spiro atoms. The van der Waals surface area contributed by atoms with Crippen molar-refractivity contribution in [2.45, 2.75) is 39.2 Å². The molecule has 0 saturated heterocycles. The molecule has 1 aliphatic rings. The minimum absolute atomic E-state index is 0.0144. The van der Waals surface area contributed by atoms with Crippen LogP contribution >= 0.6 is 0 Å². The molecule has 3 nitrogen and oxygen atoms in total. The van der Waals surface area contributed by atoms with Crippen LogP contribution in [-0.2, 0) is 0 Å². The minimum atomic E-state index is -0.173. The van der Waals surface area contributed by atoms with Crippen LogP contribution in [0, 0.1) is 19.8 Å². The lowest BCUT2D eigenvalue weighted by molar-refractivity contribution is 0.0945. The van der Waals surface area contributed by atoms with E-state index < -0.39 is 0 Å². The van der Waals surface area contributed by atoms with Crippen molar-refractivity contribution >= 4 is 5.91 Å². The third kappa shape index (κ3) is 3.10. The van der Waals surface area contributed by atoms with E-state index in [1.807, 2.05) is 32.0 Å². The van der Waals surface area contributed by atoms with E-state index in [-0.39, 0.29) is 12.0 Å². The third-order valence-corrected chi connectivity index (χ3v) is 3.83. The number of amides is 1. The average Bonchev–Trinajstić information content (AvgIpc) is 2.75. The second kappa shape index (κ2) is 5.53. The van der Waals surface area contributed by atoms with Crippen LogP contribution in [0.15, 0.2) is 18.2 Å². The lowest BCUT2D eigenvalue weighted by Crippen LogP contribution is -2.28. The smallest absolute Gasteiger partial charge is 0.251 e. The van der Waals surface area contributed by atoms with Gasteiger partial charge in [0.15, 0.2) is 0 Å². The first-order valence-corrected chi connectivity index (χ1v) is 6.60. The summed E-state index contributed by atoms with van der Waals surface area (Å²) >= 11 is 0. The van der Waals surface area contributed by atoms with E-state index in [2.05, 4.69) is 5.32 Å². The fourth-order valence-corrected chi connectivity index (χ4v) is 2.46. The zero-order valence-corrected chi connectivity index (χ0v) is 11.1. The van der Waals surface area contributed by atoms with Gasteiger partial charge in [0.05, 0.1) is 6.10 Å². The average molecular weight is 247 g/mol. The molecule has 1 amide bonds. The quantitative estimate of drug-likeness (QED) is 0.860. The highest BCUT2D eigenvalue weighted by Crippen LogP contribution is 2.24. The van der Waals surface area contributed by atoms with Gasteiger partial charge in [-0.3, -0.25) is 4.79 Å². The molecule has 2 N–H and O–H groups in total. The van der Waals surface area contributed by atoms with Crippen molar-refractivity contribution in [3.05, 3.63) is 34.9 Å². The van der Waals surface area contributed by atoms with E-state index >= 15 is 0 Å². The maximum Gasteiger partial charge on any atom is 0.251 e. The summed E-state index contributed by atoms with van der Waals surface area (Å²) in [4.78, 5) is 12.0. The highest BCUT2D eigenvalue weighted by molar-refractivity contribution is 5.94. The predicted molar refractivity (Wildman–Crippen MR) is 71.6 cm³/mol. The van der Waals surface area contributed by atoms with Gasteiger partial charge in [0.1, 0.15) is 0 Å². The third-order valence-electron chi connectivity index (χ3n) is 3.83. The summed E-state index contributed by atoms with van der Waals surface area (Å²) in [6.45, 7) is 4.72. The lowest BCUT2D eigenvalue weighted by atomic mass is 10.1. The molecule has 1 aliphatic carbocycles. The molecule has 98 valence electrons. The maximum absolute atomic E-state index is 12.0. The Bertz CT molecular complexity index is 442. The molecule has 18 heavy (non-hydrogen) atoms. The lowest BCUT2D eigenvalue weighted by Gasteiger charge is -2.11. The van der Waals surface area contributed by atoms with Gasteiger partial charge < -0.3 is 10.4 Å². The molecular weight excluding hydrogens is 226 g/mol. The molecule has 0 radical (unpaired) electrons. The van der Waals surface area contributed by atoms with Crippen molar-refractivity contribution in [2.24, 2.45) is 5.92 Å². The number of hydrogen-bond donors (Lipinski definition) is 2. The van der Waals surface area contributed by atoms with Gasteiger partial charge in [0, 0.05) is 12.1 Å². The highest BCUT2D eigenvalue weighted by Gasteiger charge is 2.23. The van der Waals surface area contributed by atoms with Crippen LogP contribution in [0.1, 0.15) is 40.7 Å². The van der Waals surface area contributed by atoms with Gasteiger partial charge >= 0.3 is 0 Å². The summed E-state index contributed by atoms with van der Waals surface area (Å²) in [6, 6.07) is 5.76. The van der Waals surface area contributed by atoms with E-state index in [1.165, 1.54) is 5.56 Å². The van der Waals surface area contributed by atoms with Crippen molar-refractivity contribution < 1.29 is 9.90 Å². The summed E-state index contributed by atoms with van der Waals surface area (Å²) in [5.41, 5.74) is 3.06. The SMILES string of the molecule is Cc1ccc(C(=O)NCC2CCC(O)C2)cc1C. The fourth-order valence-electron chi connectivity index (χ4n) is 2.46. The van der Waals surface area contributed by atoms with Crippen LogP contribution in [0.5, 0.6) is 0 Å². The Kier molecular flexibility index (Phi) is 4.02. The Morgan fingerprint density at radius 3 is 2.72 bits per heavy atom. The van der Waals surface area contributed by atoms with Crippen molar-refractivity contribution in [3.8, 4) is 0 Å². The zero-order valence-electron chi connectivity index (χ0n) is 11.1. The molecule has 2 rings (SSSR count). The van der Waals surface area contributed by atoms with Crippen LogP contribution in [0.3, 0.4) is 0 Å². The van der Waals surface area contributed by atoms with E-state index in [1.54, 1.807) is 0 Å². The monoisotopic (exact) mass is 247 g/mol. The molecule has 2 unspecified atom stereocenters. The normalized spacial score (nSPS) is 23.1. The summed E-state index contributed by atoms with van der Waals surface area (Å²) in [5.74, 6) is 0.412. The van der Waals surface area contributed by atoms with Gasteiger partial charge in [0.2, 0.25) is 0 Å². The molecule has 2 atom stereocenters. The minimum Gasteiger partial charge on any atom is -0.393 e. The largest absolute Gasteiger partial charge is 0.393 e. The molecule has 0 aliphatic heterocycles. The number of carbonyl (C=O) groups excluding carboxylic acids is 1. The van der Waals surface area contributed by atoms with E-state index in [0.717, 1.165) is 30.4 Å². The number of carbonyl (C=O) groups is 1. The second-order valence-corrected chi connectivity index (χ2v) is 5.34. The number of benzene rings is 1. The summed E-state index contributed by atoms with van der Waals surface area (Å²) in [5, 5.41) is 12.4. The molecule has 0 bridgehead atoms. The molecule has 1 fully saturated rings. The first-order valence-electron chi connectivity index (χ1n) is 6.60. The number of rotatable bonds is 3. The number of aliphatic hydroxyl groups is 1. The molecule has 1 aromatic rings. The van der Waals surface area contributed by atoms with E-state index in [0.29, 0.717) is 12.5 Å². The van der Waals surface area contributed by atoms with Crippen LogP contribution in [-0.4, -0.2) is 23.7 Å². The molecule has 1 saturated carbocycles. The van der Waals surface area contributed by atoms with Gasteiger partial charge in [-0.2, -0.15) is 0 Å². The van der Waals surface area contributed by atoms with Crippen LogP contribution < -0.4 is 5.32 Å². The number of nitrogens with one attached hydrogen (secondary N) is 1. The molecule has 0 aromatic heterocycles. The molecule has 0 heterocycles. The summed E-state index contributed by atoms with van der Waals surface area (Å²) in [7, 11) is 0. The maximum atomic E-state index is 12.0. The molecule has 3 heteroatoms. The fraction of sp³-hybridized carbons (Fsp3) is 0.533. The highest BCUT2D eigenvalue weighted by atomic mass is 16.3. The van der Waals surface area contributed by atoms with Crippen molar-refractivity contribution in [2.75, 3.05) is 6.54 Å². The van der Waals surface area contributed by atoms with E-state index in [4.69, 9.17) is 0 Å². The summed E-state index contributed by atoms with van der Waals surface area (Å²) < 4.78 is 0. The molecular formula is C15H21NO2.